The number of nitrogens with one attached hydrogen (secondary N) is 1. The van der Waals surface area contributed by atoms with Crippen molar-refractivity contribution in [1.82, 2.24) is 0 Å². The summed E-state index contributed by atoms with van der Waals surface area (Å²) in [6.45, 7) is 0. The highest BCUT2D eigenvalue weighted by atomic mass is 16.1. The van der Waals surface area contributed by atoms with Crippen LogP contribution in [0.3, 0.4) is 0 Å². The van der Waals surface area contributed by atoms with Crippen LogP contribution in [-0.4, -0.2) is 12.5 Å². The molecule has 0 spiro atoms. The number of aldehydes is 1. The molecule has 1 aromatic rings. The van der Waals surface area contributed by atoms with Crippen LogP contribution in [0.25, 0.3) is 0 Å². The minimum absolute atomic E-state index is 0.634. The third-order valence-corrected chi connectivity index (χ3v) is 1.19. The summed E-state index contributed by atoms with van der Waals surface area (Å²) in [4.78, 5) is 10.1. The zero-order chi connectivity index (χ0) is 8.10. The normalized spacial score (nSPS) is 12.1. The van der Waals surface area contributed by atoms with Crippen molar-refractivity contribution < 1.29 is 4.79 Å². The van der Waals surface area contributed by atoms with E-state index in [1.807, 2.05) is 12.1 Å². The van der Waals surface area contributed by atoms with Gasteiger partial charge >= 0.3 is 0 Å². The molecular weight excluding hydrogens is 140 g/mol. The highest BCUT2D eigenvalue weighted by Gasteiger charge is 1.96. The van der Waals surface area contributed by atoms with Gasteiger partial charge in [0.2, 0.25) is 0 Å². The van der Waals surface area contributed by atoms with Crippen molar-refractivity contribution in [2.75, 3.05) is 5.32 Å². The molecule has 0 aromatic heterocycles. The second-order valence-corrected chi connectivity index (χ2v) is 2.10. The van der Waals surface area contributed by atoms with Gasteiger partial charge in [0.1, 0.15) is 6.17 Å². The summed E-state index contributed by atoms with van der Waals surface area (Å²) in [5, 5.41) is 2.77. The maximum atomic E-state index is 10.1. The van der Waals surface area contributed by atoms with Crippen LogP contribution in [0.15, 0.2) is 24.3 Å². The van der Waals surface area contributed by atoms with Crippen molar-refractivity contribution in [2.24, 2.45) is 5.73 Å². The molecule has 0 aliphatic heterocycles. The minimum Gasteiger partial charge on any atom is -0.364 e. The van der Waals surface area contributed by atoms with Gasteiger partial charge in [-0.2, -0.15) is 0 Å². The van der Waals surface area contributed by atoms with Crippen molar-refractivity contribution in [2.45, 2.75) is 6.17 Å². The first-order valence-electron chi connectivity index (χ1n) is 3.26. The lowest BCUT2D eigenvalue weighted by atomic mass is 10.3. The van der Waals surface area contributed by atoms with Crippen molar-refractivity contribution in [3.8, 4) is 0 Å². The molecule has 0 saturated carbocycles. The summed E-state index contributed by atoms with van der Waals surface area (Å²) in [6, 6.07) is 10.00. The molecule has 0 saturated heterocycles. The number of carbonyl (C=O) groups is 1. The highest BCUT2D eigenvalue weighted by Crippen LogP contribution is 2.03. The average Bonchev–Trinajstić information content (AvgIpc) is 2.06. The molecule has 0 amide bonds. The predicted molar refractivity (Wildman–Crippen MR) is 42.9 cm³/mol. The summed E-state index contributed by atoms with van der Waals surface area (Å²) >= 11 is 0. The first-order chi connectivity index (χ1) is 5.33. The van der Waals surface area contributed by atoms with Crippen molar-refractivity contribution in [1.29, 1.82) is 0 Å². The molecule has 3 nitrogen and oxygen atoms in total. The van der Waals surface area contributed by atoms with Gasteiger partial charge in [0.05, 0.1) is 0 Å². The lowest BCUT2D eigenvalue weighted by Gasteiger charge is -2.07. The number of anilines is 1. The predicted octanol–water partition coefficient (Wildman–Crippen LogP) is 0.382. The summed E-state index contributed by atoms with van der Waals surface area (Å²) in [7, 11) is 0. The molecule has 1 atom stereocenters. The van der Waals surface area contributed by atoms with E-state index in [0.717, 1.165) is 5.69 Å². The van der Waals surface area contributed by atoms with Crippen LogP contribution in [-0.2, 0) is 4.79 Å². The fourth-order valence-electron chi connectivity index (χ4n) is 0.710. The lowest BCUT2D eigenvalue weighted by molar-refractivity contribution is -0.108. The van der Waals surface area contributed by atoms with Crippen molar-refractivity contribution in [3.05, 3.63) is 30.3 Å². The van der Waals surface area contributed by atoms with E-state index in [4.69, 9.17) is 5.73 Å². The molecule has 3 N–H and O–H groups in total. The van der Waals surface area contributed by atoms with Gasteiger partial charge in [-0.05, 0) is 18.2 Å². The minimum atomic E-state index is -0.634. The quantitative estimate of drug-likeness (QED) is 0.482. The van der Waals surface area contributed by atoms with Crippen LogP contribution in [0.2, 0.25) is 0 Å². The van der Waals surface area contributed by atoms with Crippen molar-refractivity contribution in [3.63, 3.8) is 0 Å². The van der Waals surface area contributed by atoms with Crippen LogP contribution in [0.4, 0.5) is 5.69 Å². The van der Waals surface area contributed by atoms with Crippen LogP contribution < -0.4 is 11.1 Å². The molecule has 1 rings (SSSR count). The maximum Gasteiger partial charge on any atom is 0.156 e. The molecular formula is C8H9N2O. The summed E-state index contributed by atoms with van der Waals surface area (Å²) in [5.74, 6) is 0. The van der Waals surface area contributed by atoms with Gasteiger partial charge in [-0.1, -0.05) is 12.1 Å². The maximum absolute atomic E-state index is 10.1. The summed E-state index contributed by atoms with van der Waals surface area (Å²) in [6.07, 6.45) is 0.0123. The van der Waals surface area contributed by atoms with Crippen LogP contribution >= 0.6 is 0 Å². The Kier molecular flexibility index (Phi) is 2.63. The Morgan fingerprint density at radius 3 is 3.09 bits per heavy atom. The van der Waals surface area contributed by atoms with E-state index in [0.29, 0.717) is 6.29 Å². The van der Waals surface area contributed by atoms with Crippen LogP contribution in [0.5, 0.6) is 0 Å². The summed E-state index contributed by atoms with van der Waals surface area (Å²) < 4.78 is 0. The SMILES string of the molecule is NC(C=O)Nc1c[c]ccc1. The van der Waals surface area contributed by atoms with Crippen molar-refractivity contribution >= 4 is 12.0 Å². The van der Waals surface area contributed by atoms with E-state index < -0.39 is 6.17 Å². The number of rotatable bonds is 3. The zero-order valence-electron chi connectivity index (χ0n) is 5.95. The number of nitrogens with two attached hydrogens (primary N) is 1. The molecule has 1 radical (unpaired) electrons. The Balaban J connectivity index is 2.57. The molecule has 11 heavy (non-hydrogen) atoms. The van der Waals surface area contributed by atoms with Gasteiger partial charge in [-0.3, -0.25) is 4.79 Å². The fraction of sp³-hybridized carbons (Fsp3) is 0.125. The molecule has 1 unspecified atom stereocenters. The standard InChI is InChI=1S/C8H9N2O/c9-8(6-11)10-7-4-2-1-3-5-7/h1-2,4-6,8,10H,9H2. The fourth-order valence-corrected chi connectivity index (χ4v) is 0.710. The van der Waals surface area contributed by atoms with Gasteiger partial charge < -0.3 is 11.1 Å². The van der Waals surface area contributed by atoms with Gasteiger partial charge in [-0.15, -0.1) is 0 Å². The van der Waals surface area contributed by atoms with E-state index in [2.05, 4.69) is 11.4 Å². The van der Waals surface area contributed by atoms with E-state index in [9.17, 15) is 4.79 Å². The Hall–Kier alpha value is -1.35. The van der Waals surface area contributed by atoms with E-state index in [-0.39, 0.29) is 0 Å². The number of hydrogen-bond acceptors (Lipinski definition) is 3. The van der Waals surface area contributed by atoms with Gasteiger partial charge in [0, 0.05) is 5.69 Å². The monoisotopic (exact) mass is 149 g/mol. The van der Waals surface area contributed by atoms with E-state index in [1.165, 1.54) is 0 Å². The van der Waals surface area contributed by atoms with Crippen LogP contribution in [0, 0.1) is 6.07 Å². The molecule has 0 fully saturated rings. The van der Waals surface area contributed by atoms with Gasteiger partial charge in [-0.25, -0.2) is 0 Å². The molecule has 3 heteroatoms. The first-order valence-corrected chi connectivity index (χ1v) is 3.26. The molecule has 57 valence electrons. The molecule has 0 heterocycles. The van der Waals surface area contributed by atoms with Gasteiger partial charge in [0.15, 0.2) is 6.29 Å². The lowest BCUT2D eigenvalue weighted by Crippen LogP contribution is -2.30. The number of carbonyl (C=O) groups excluding carboxylic acids is 1. The van der Waals surface area contributed by atoms with E-state index in [1.54, 1.807) is 12.1 Å². The largest absolute Gasteiger partial charge is 0.364 e. The molecule has 0 aliphatic rings. The zero-order valence-corrected chi connectivity index (χ0v) is 5.95. The van der Waals surface area contributed by atoms with E-state index >= 15 is 0 Å². The number of benzene rings is 1. The second kappa shape index (κ2) is 3.73. The second-order valence-electron chi connectivity index (χ2n) is 2.10. The topological polar surface area (TPSA) is 55.1 Å². The Bertz CT molecular complexity index is 223. The summed E-state index contributed by atoms with van der Waals surface area (Å²) in [5.41, 5.74) is 6.11. The highest BCUT2D eigenvalue weighted by molar-refractivity contribution is 5.63. The molecule has 0 bridgehead atoms. The molecule has 0 aliphatic carbocycles. The smallest absolute Gasteiger partial charge is 0.156 e. The third kappa shape index (κ3) is 2.39. The average molecular weight is 149 g/mol. The van der Waals surface area contributed by atoms with Crippen LogP contribution in [0.1, 0.15) is 0 Å². The Labute approximate surface area is 65.2 Å². The Morgan fingerprint density at radius 1 is 1.73 bits per heavy atom. The number of hydrogen-bond donors (Lipinski definition) is 2. The third-order valence-electron chi connectivity index (χ3n) is 1.19. The Morgan fingerprint density at radius 2 is 2.55 bits per heavy atom. The van der Waals surface area contributed by atoms with Gasteiger partial charge in [0.25, 0.3) is 0 Å². The molecule has 1 aromatic carbocycles. The first kappa shape index (κ1) is 7.75.